The summed E-state index contributed by atoms with van der Waals surface area (Å²) in [6.45, 7) is 3.46. The van der Waals surface area contributed by atoms with Gasteiger partial charge in [-0.15, -0.1) is 0 Å². The first kappa shape index (κ1) is 25.0. The monoisotopic (exact) mass is 539 g/mol. The molecule has 0 unspecified atom stereocenters. The van der Waals surface area contributed by atoms with Crippen molar-refractivity contribution in [1.82, 2.24) is 14.9 Å². The summed E-state index contributed by atoms with van der Waals surface area (Å²) in [5, 5.41) is 6.76. The Morgan fingerprint density at radius 2 is 2.18 bits per heavy atom. The van der Waals surface area contributed by atoms with Crippen LogP contribution in [0.25, 0.3) is 10.9 Å². The van der Waals surface area contributed by atoms with Gasteiger partial charge in [-0.25, -0.2) is 14.4 Å². The van der Waals surface area contributed by atoms with Gasteiger partial charge in [-0.3, -0.25) is 9.69 Å². The summed E-state index contributed by atoms with van der Waals surface area (Å²) < 4.78 is 30.9. The predicted molar refractivity (Wildman–Crippen MR) is 142 cm³/mol. The lowest BCUT2D eigenvalue weighted by atomic mass is 10.1. The van der Waals surface area contributed by atoms with Crippen molar-refractivity contribution >= 4 is 45.6 Å². The number of fused-ring (bicyclic) bond motifs is 3. The molecule has 38 heavy (non-hydrogen) atoms. The van der Waals surface area contributed by atoms with E-state index in [4.69, 9.17) is 25.8 Å². The molecule has 3 aliphatic rings. The predicted octanol–water partition coefficient (Wildman–Crippen LogP) is 4.30. The van der Waals surface area contributed by atoms with E-state index in [9.17, 15) is 9.18 Å². The number of hydrogen-bond acceptors (Lipinski definition) is 8. The molecule has 4 heterocycles. The molecule has 198 valence electrons. The van der Waals surface area contributed by atoms with Crippen molar-refractivity contribution in [3.63, 3.8) is 0 Å². The lowest BCUT2D eigenvalue weighted by Gasteiger charge is -2.25. The second-order valence-corrected chi connectivity index (χ2v) is 10.0. The number of likely N-dealkylation sites (tertiary alicyclic amines) is 1. The smallest absolute Gasteiger partial charge is 0.248 e. The molecule has 0 radical (unpaired) electrons. The van der Waals surface area contributed by atoms with Gasteiger partial charge in [0.05, 0.1) is 42.2 Å². The fourth-order valence-corrected chi connectivity index (χ4v) is 5.23. The highest BCUT2D eigenvalue weighted by Gasteiger charge is 2.38. The minimum Gasteiger partial charge on any atom is -0.486 e. The molecule has 2 aromatic carbocycles. The number of ether oxygens (including phenoxy) is 3. The molecule has 0 spiro atoms. The lowest BCUT2D eigenvalue weighted by molar-refractivity contribution is -0.111. The molecule has 2 bridgehead atoms. The van der Waals surface area contributed by atoms with Gasteiger partial charge in [0.15, 0.2) is 0 Å². The molecule has 6 rings (SSSR count). The van der Waals surface area contributed by atoms with Crippen LogP contribution in [-0.2, 0) is 14.3 Å². The number of halogens is 2. The van der Waals surface area contributed by atoms with Gasteiger partial charge in [-0.05, 0) is 30.7 Å². The zero-order chi connectivity index (χ0) is 26.1. The van der Waals surface area contributed by atoms with E-state index in [-0.39, 0.29) is 17.0 Å². The van der Waals surface area contributed by atoms with Crippen LogP contribution in [0, 0.1) is 5.82 Å². The SMILES string of the molecule is O=C(C=CCN1C[C@@H]2C[C@H]1CO2)Nc1cc2c(Nc3ccc(F)c(Cl)c3)ncnc2cc1O[C@@H]1CCOC1. The topological polar surface area (TPSA) is 97.8 Å². The van der Waals surface area contributed by atoms with Crippen molar-refractivity contribution in [3.05, 3.63) is 59.7 Å². The van der Waals surface area contributed by atoms with Gasteiger partial charge < -0.3 is 24.8 Å². The fraction of sp³-hybridized carbons (Fsp3) is 0.370. The van der Waals surface area contributed by atoms with Crippen LogP contribution >= 0.6 is 11.6 Å². The number of amides is 1. The number of anilines is 3. The highest BCUT2D eigenvalue weighted by molar-refractivity contribution is 6.31. The van der Waals surface area contributed by atoms with Crippen LogP contribution in [0.15, 0.2) is 48.8 Å². The van der Waals surface area contributed by atoms with Crippen LogP contribution in [0.5, 0.6) is 5.75 Å². The summed E-state index contributed by atoms with van der Waals surface area (Å²) in [6.07, 6.45) is 6.86. The summed E-state index contributed by atoms with van der Waals surface area (Å²) in [6, 6.07) is 8.31. The molecule has 11 heteroatoms. The molecule has 3 atom stereocenters. The fourth-order valence-electron chi connectivity index (χ4n) is 5.05. The molecule has 9 nitrogen and oxygen atoms in total. The van der Waals surface area contributed by atoms with Crippen LogP contribution in [0.2, 0.25) is 5.02 Å². The Balaban J connectivity index is 1.25. The number of morpholine rings is 1. The zero-order valence-corrected chi connectivity index (χ0v) is 21.3. The summed E-state index contributed by atoms with van der Waals surface area (Å²) in [5.41, 5.74) is 1.67. The minimum atomic E-state index is -0.508. The van der Waals surface area contributed by atoms with Crippen molar-refractivity contribution in [3.8, 4) is 5.75 Å². The van der Waals surface area contributed by atoms with Gasteiger partial charge in [0, 0.05) is 48.8 Å². The Bertz CT molecular complexity index is 1380. The average molecular weight is 540 g/mol. The lowest BCUT2D eigenvalue weighted by Crippen LogP contribution is -2.36. The molecule has 0 saturated carbocycles. The van der Waals surface area contributed by atoms with E-state index in [1.54, 1.807) is 24.3 Å². The molecule has 1 amide bonds. The highest BCUT2D eigenvalue weighted by atomic mass is 35.5. The molecule has 3 aliphatic heterocycles. The molecule has 3 saturated heterocycles. The Labute approximate surface area is 223 Å². The van der Waals surface area contributed by atoms with Crippen molar-refractivity contribution in [2.45, 2.75) is 31.1 Å². The second kappa shape index (κ2) is 10.8. The highest BCUT2D eigenvalue weighted by Crippen LogP contribution is 2.35. The summed E-state index contributed by atoms with van der Waals surface area (Å²) in [4.78, 5) is 24.0. The third-order valence-electron chi connectivity index (χ3n) is 6.98. The van der Waals surface area contributed by atoms with Crippen molar-refractivity contribution in [1.29, 1.82) is 0 Å². The number of aromatic nitrogens is 2. The van der Waals surface area contributed by atoms with Crippen LogP contribution < -0.4 is 15.4 Å². The molecule has 3 aromatic rings. The normalized spacial score (nSPS) is 22.9. The number of carbonyl (C=O) groups is 1. The number of benzene rings is 2. The molecular formula is C27H27ClFN5O4. The van der Waals surface area contributed by atoms with E-state index in [1.807, 2.05) is 6.08 Å². The first-order valence-corrected chi connectivity index (χ1v) is 13.0. The maximum Gasteiger partial charge on any atom is 0.248 e. The first-order chi connectivity index (χ1) is 18.5. The van der Waals surface area contributed by atoms with Gasteiger partial charge in [-0.2, -0.15) is 0 Å². The van der Waals surface area contributed by atoms with Gasteiger partial charge in [-0.1, -0.05) is 17.7 Å². The number of rotatable bonds is 8. The van der Waals surface area contributed by atoms with Crippen LogP contribution in [-0.4, -0.2) is 71.9 Å². The molecular weight excluding hydrogens is 513 g/mol. The van der Waals surface area contributed by atoms with E-state index in [0.29, 0.717) is 65.7 Å². The van der Waals surface area contributed by atoms with E-state index in [1.165, 1.54) is 18.5 Å². The van der Waals surface area contributed by atoms with Crippen LogP contribution in [0.1, 0.15) is 12.8 Å². The van der Waals surface area contributed by atoms with Crippen molar-refractivity contribution < 1.29 is 23.4 Å². The second-order valence-electron chi connectivity index (χ2n) is 9.64. The molecule has 3 fully saturated rings. The van der Waals surface area contributed by atoms with Gasteiger partial charge in [0.2, 0.25) is 5.91 Å². The van der Waals surface area contributed by atoms with Crippen molar-refractivity contribution in [2.24, 2.45) is 0 Å². The zero-order valence-electron chi connectivity index (χ0n) is 20.5. The molecule has 1 aromatic heterocycles. The standard InChI is InChI=1S/C27H27ClFN5O4/c28-21-8-16(3-4-22(21)29)32-27-20-10-24(25(11-23(20)30-15-31-27)38-18-5-7-36-14-18)33-26(35)2-1-6-34-12-19-9-17(34)13-37-19/h1-4,8,10-11,15,17-19H,5-7,9,12-14H2,(H,33,35)(H,30,31,32)/t17-,18+,19-/m0/s1. The number of nitrogens with zero attached hydrogens (tertiary/aromatic N) is 3. The Kier molecular flexibility index (Phi) is 7.12. The van der Waals surface area contributed by atoms with E-state index in [0.717, 1.165) is 26.0 Å². The third-order valence-corrected chi connectivity index (χ3v) is 7.27. The molecule has 0 aliphatic carbocycles. The number of hydrogen-bond donors (Lipinski definition) is 2. The Morgan fingerprint density at radius 3 is 2.95 bits per heavy atom. The van der Waals surface area contributed by atoms with Gasteiger partial charge >= 0.3 is 0 Å². The van der Waals surface area contributed by atoms with Crippen molar-refractivity contribution in [2.75, 3.05) is 43.5 Å². The molecule has 2 N–H and O–H groups in total. The Hall–Kier alpha value is -3.31. The van der Waals surface area contributed by atoms with Crippen LogP contribution in [0.3, 0.4) is 0 Å². The van der Waals surface area contributed by atoms with E-state index in [2.05, 4.69) is 25.5 Å². The van der Waals surface area contributed by atoms with Gasteiger partial charge in [0.1, 0.15) is 29.8 Å². The maximum atomic E-state index is 13.6. The number of nitrogens with one attached hydrogen (secondary N) is 2. The van der Waals surface area contributed by atoms with E-state index >= 15 is 0 Å². The first-order valence-electron chi connectivity index (χ1n) is 12.6. The minimum absolute atomic E-state index is 0.00291. The summed E-state index contributed by atoms with van der Waals surface area (Å²) >= 11 is 5.95. The largest absolute Gasteiger partial charge is 0.486 e. The number of carbonyl (C=O) groups excluding carboxylic acids is 1. The maximum absolute atomic E-state index is 13.6. The quantitative estimate of drug-likeness (QED) is 0.409. The third kappa shape index (κ3) is 5.44. The average Bonchev–Trinajstić information content (AvgIpc) is 3.66. The Morgan fingerprint density at radius 1 is 1.26 bits per heavy atom. The van der Waals surface area contributed by atoms with Crippen LogP contribution in [0.4, 0.5) is 21.6 Å². The summed E-state index contributed by atoms with van der Waals surface area (Å²) in [5.74, 6) is 0.198. The van der Waals surface area contributed by atoms with E-state index < -0.39 is 5.82 Å². The summed E-state index contributed by atoms with van der Waals surface area (Å²) in [7, 11) is 0. The van der Waals surface area contributed by atoms with Gasteiger partial charge in [0.25, 0.3) is 0 Å².